The third-order valence-electron chi connectivity index (χ3n) is 4.36. The molecule has 23 heavy (non-hydrogen) atoms. The quantitative estimate of drug-likeness (QED) is 0.932. The molecule has 0 aliphatic carbocycles. The number of hydrogen-bond acceptors (Lipinski definition) is 2. The molecule has 120 valence electrons. The number of aryl methyl sites for hydroxylation is 2. The van der Waals surface area contributed by atoms with Crippen molar-refractivity contribution < 1.29 is 9.18 Å². The molecule has 1 atom stereocenters. The number of rotatable bonds is 3. The summed E-state index contributed by atoms with van der Waals surface area (Å²) in [6.45, 7) is 4.39. The monoisotopic (exact) mass is 312 g/mol. The Bertz CT molecular complexity index is 712. The van der Waals surface area contributed by atoms with Crippen molar-refractivity contribution in [1.29, 1.82) is 0 Å². The minimum Gasteiger partial charge on any atom is -0.359 e. The van der Waals surface area contributed by atoms with Crippen molar-refractivity contribution in [2.45, 2.75) is 32.7 Å². The maximum Gasteiger partial charge on any atom is 0.243 e. The summed E-state index contributed by atoms with van der Waals surface area (Å²) in [5, 5.41) is 2.92. The largest absolute Gasteiger partial charge is 0.359 e. The second kappa shape index (κ2) is 6.41. The van der Waals surface area contributed by atoms with E-state index in [-0.39, 0.29) is 24.3 Å². The summed E-state index contributed by atoms with van der Waals surface area (Å²) in [5.74, 6) is -0.278. The molecule has 0 aromatic heterocycles. The first-order chi connectivity index (χ1) is 11.0. The molecule has 0 bridgehead atoms. The van der Waals surface area contributed by atoms with E-state index < -0.39 is 0 Å². The second-order valence-electron chi connectivity index (χ2n) is 6.20. The van der Waals surface area contributed by atoms with E-state index in [2.05, 4.69) is 17.1 Å². The van der Waals surface area contributed by atoms with Gasteiger partial charge in [-0.15, -0.1) is 0 Å². The number of carbonyl (C=O) groups excluding carboxylic acids is 1. The van der Waals surface area contributed by atoms with Crippen LogP contribution in [0.3, 0.4) is 0 Å². The van der Waals surface area contributed by atoms with Gasteiger partial charge in [0, 0.05) is 17.4 Å². The smallest absolute Gasteiger partial charge is 0.243 e. The highest BCUT2D eigenvalue weighted by Gasteiger charge is 2.25. The number of nitrogens with one attached hydrogen (secondary N) is 1. The zero-order valence-corrected chi connectivity index (χ0v) is 13.5. The molecule has 1 aliphatic rings. The van der Waals surface area contributed by atoms with Crippen molar-refractivity contribution in [2.75, 3.05) is 16.8 Å². The number of nitrogens with zero attached hydrogens (tertiary/aromatic N) is 1. The summed E-state index contributed by atoms with van der Waals surface area (Å²) in [4.78, 5) is 14.4. The van der Waals surface area contributed by atoms with Gasteiger partial charge in [0.25, 0.3) is 0 Å². The van der Waals surface area contributed by atoms with Crippen LogP contribution in [-0.4, -0.2) is 18.5 Å². The summed E-state index contributed by atoms with van der Waals surface area (Å²) in [7, 11) is 0. The minimum atomic E-state index is -0.220. The average molecular weight is 312 g/mol. The maximum atomic E-state index is 13.4. The van der Waals surface area contributed by atoms with Crippen LogP contribution in [0, 0.1) is 12.7 Å². The molecule has 1 aliphatic heterocycles. The van der Waals surface area contributed by atoms with Gasteiger partial charge in [-0.05, 0) is 62.6 Å². The fourth-order valence-corrected chi connectivity index (χ4v) is 3.03. The van der Waals surface area contributed by atoms with Crippen LogP contribution in [0.25, 0.3) is 0 Å². The van der Waals surface area contributed by atoms with Crippen LogP contribution in [0.5, 0.6) is 0 Å². The van der Waals surface area contributed by atoms with Gasteiger partial charge in [-0.3, -0.25) is 4.79 Å². The van der Waals surface area contributed by atoms with Crippen LogP contribution in [-0.2, 0) is 11.2 Å². The van der Waals surface area contributed by atoms with Gasteiger partial charge in [0.15, 0.2) is 0 Å². The van der Waals surface area contributed by atoms with Crippen molar-refractivity contribution in [3.63, 3.8) is 0 Å². The zero-order valence-electron chi connectivity index (χ0n) is 13.5. The standard InChI is InChI=1S/C19H21FN2O/c1-13-3-8-17(9-4-13)21-19(23)12-22-14(2)5-6-15-11-16(20)7-10-18(15)22/h3-4,7-11,14H,5-6,12H2,1-2H3,(H,21,23). The first-order valence-electron chi connectivity index (χ1n) is 7.94. The summed E-state index contributed by atoms with van der Waals surface area (Å²) in [6, 6.07) is 12.8. The van der Waals surface area contributed by atoms with Crippen LogP contribution in [0.1, 0.15) is 24.5 Å². The highest BCUT2D eigenvalue weighted by molar-refractivity contribution is 5.94. The first kappa shape index (κ1) is 15.5. The fraction of sp³-hybridized carbons (Fsp3) is 0.316. The molecule has 3 nitrogen and oxygen atoms in total. The molecular weight excluding hydrogens is 291 g/mol. The predicted octanol–water partition coefficient (Wildman–Crippen LogP) is 3.91. The van der Waals surface area contributed by atoms with Crippen molar-refractivity contribution in [2.24, 2.45) is 0 Å². The fourth-order valence-electron chi connectivity index (χ4n) is 3.03. The number of carbonyl (C=O) groups is 1. The summed E-state index contributed by atoms with van der Waals surface area (Å²) < 4.78 is 13.4. The van der Waals surface area contributed by atoms with E-state index in [1.807, 2.05) is 31.2 Å². The highest BCUT2D eigenvalue weighted by atomic mass is 19.1. The molecule has 0 saturated heterocycles. The number of anilines is 2. The van der Waals surface area contributed by atoms with Crippen molar-refractivity contribution in [3.05, 3.63) is 59.4 Å². The van der Waals surface area contributed by atoms with Gasteiger partial charge in [0.2, 0.25) is 5.91 Å². The van der Waals surface area contributed by atoms with Crippen molar-refractivity contribution in [1.82, 2.24) is 0 Å². The van der Waals surface area contributed by atoms with E-state index in [1.54, 1.807) is 12.1 Å². The molecule has 0 spiro atoms. The maximum absolute atomic E-state index is 13.4. The molecule has 1 unspecified atom stereocenters. The Hall–Kier alpha value is -2.36. The van der Waals surface area contributed by atoms with Gasteiger partial charge in [-0.2, -0.15) is 0 Å². The van der Waals surface area contributed by atoms with Gasteiger partial charge >= 0.3 is 0 Å². The number of hydrogen-bond donors (Lipinski definition) is 1. The van der Waals surface area contributed by atoms with Crippen LogP contribution >= 0.6 is 0 Å². The Kier molecular flexibility index (Phi) is 4.33. The lowest BCUT2D eigenvalue weighted by atomic mass is 9.96. The van der Waals surface area contributed by atoms with E-state index in [9.17, 15) is 9.18 Å². The summed E-state index contributed by atoms with van der Waals surface area (Å²) in [6.07, 6.45) is 1.78. The lowest BCUT2D eigenvalue weighted by molar-refractivity contribution is -0.115. The van der Waals surface area contributed by atoms with E-state index in [0.717, 1.165) is 35.3 Å². The number of amides is 1. The van der Waals surface area contributed by atoms with Gasteiger partial charge in [-0.1, -0.05) is 17.7 Å². The summed E-state index contributed by atoms with van der Waals surface area (Å²) in [5.41, 5.74) is 3.89. The van der Waals surface area contributed by atoms with Crippen LogP contribution in [0.4, 0.5) is 15.8 Å². The summed E-state index contributed by atoms with van der Waals surface area (Å²) >= 11 is 0. The van der Waals surface area contributed by atoms with Crippen LogP contribution in [0.2, 0.25) is 0 Å². The van der Waals surface area contributed by atoms with Gasteiger partial charge in [0.05, 0.1) is 6.54 Å². The van der Waals surface area contributed by atoms with Gasteiger partial charge in [-0.25, -0.2) is 4.39 Å². The number of fused-ring (bicyclic) bond motifs is 1. The average Bonchev–Trinajstić information content (AvgIpc) is 2.52. The van der Waals surface area contributed by atoms with E-state index >= 15 is 0 Å². The Morgan fingerprint density at radius 3 is 2.74 bits per heavy atom. The first-order valence-corrected chi connectivity index (χ1v) is 7.94. The lowest BCUT2D eigenvalue weighted by Gasteiger charge is -2.36. The van der Waals surface area contributed by atoms with E-state index in [4.69, 9.17) is 0 Å². The molecule has 2 aromatic carbocycles. The molecule has 0 saturated carbocycles. The lowest BCUT2D eigenvalue weighted by Crippen LogP contribution is -2.42. The Morgan fingerprint density at radius 2 is 2.00 bits per heavy atom. The predicted molar refractivity (Wildman–Crippen MR) is 91.3 cm³/mol. The molecule has 0 radical (unpaired) electrons. The number of benzene rings is 2. The Balaban J connectivity index is 1.74. The Morgan fingerprint density at radius 1 is 1.26 bits per heavy atom. The second-order valence-corrected chi connectivity index (χ2v) is 6.20. The molecule has 1 N–H and O–H groups in total. The SMILES string of the molecule is Cc1ccc(NC(=O)CN2c3ccc(F)cc3CCC2C)cc1. The third kappa shape index (κ3) is 3.52. The van der Waals surface area contributed by atoms with Crippen molar-refractivity contribution in [3.8, 4) is 0 Å². The van der Waals surface area contributed by atoms with Crippen LogP contribution < -0.4 is 10.2 Å². The Labute approximate surface area is 136 Å². The molecule has 0 fully saturated rings. The molecule has 2 aromatic rings. The minimum absolute atomic E-state index is 0.0575. The molecular formula is C19H21FN2O. The van der Waals surface area contributed by atoms with Gasteiger partial charge < -0.3 is 10.2 Å². The third-order valence-corrected chi connectivity index (χ3v) is 4.36. The molecule has 1 amide bonds. The zero-order chi connectivity index (χ0) is 16.4. The van der Waals surface area contributed by atoms with E-state index in [1.165, 1.54) is 6.07 Å². The van der Waals surface area contributed by atoms with Crippen LogP contribution in [0.15, 0.2) is 42.5 Å². The highest BCUT2D eigenvalue weighted by Crippen LogP contribution is 2.31. The molecule has 1 heterocycles. The molecule has 4 heteroatoms. The molecule has 3 rings (SSSR count). The number of halogens is 1. The van der Waals surface area contributed by atoms with Crippen molar-refractivity contribution >= 4 is 17.3 Å². The topological polar surface area (TPSA) is 32.3 Å². The van der Waals surface area contributed by atoms with E-state index in [0.29, 0.717) is 0 Å². The van der Waals surface area contributed by atoms with Gasteiger partial charge in [0.1, 0.15) is 5.82 Å². The normalized spacial score (nSPS) is 16.8.